The summed E-state index contributed by atoms with van der Waals surface area (Å²) in [7, 11) is 0. The van der Waals surface area contributed by atoms with E-state index in [-0.39, 0.29) is 0 Å². The Kier molecular flexibility index (Phi) is 5.15. The van der Waals surface area contributed by atoms with Crippen molar-refractivity contribution >= 4 is 50.3 Å². The molecule has 0 amide bonds. The normalized spacial score (nSPS) is 11.9. The first-order chi connectivity index (χ1) is 18.8. The number of nitrogens with one attached hydrogen (secondary N) is 1. The van der Waals surface area contributed by atoms with Crippen LogP contribution in [-0.4, -0.2) is 50.0 Å². The highest BCUT2D eigenvalue weighted by molar-refractivity contribution is 7.80. The maximum Gasteiger partial charge on any atom is 0.307 e. The van der Waals surface area contributed by atoms with Crippen molar-refractivity contribution in [3.8, 4) is 0 Å². The molecule has 0 saturated heterocycles. The van der Waals surface area contributed by atoms with Gasteiger partial charge in [0.1, 0.15) is 16.6 Å². The Morgan fingerprint density at radius 2 is 0.974 bits per heavy atom. The second-order valence-electron chi connectivity index (χ2n) is 8.77. The number of para-hydroxylation sites is 3. The van der Waals surface area contributed by atoms with Gasteiger partial charge < -0.3 is 5.32 Å². The van der Waals surface area contributed by atoms with Crippen LogP contribution in [-0.2, 0) is 12.3 Å². The fourth-order valence-electron chi connectivity index (χ4n) is 4.75. The van der Waals surface area contributed by atoms with Crippen LogP contribution in [0.25, 0.3) is 33.1 Å². The van der Waals surface area contributed by atoms with Gasteiger partial charge in [0.15, 0.2) is 4.99 Å². The molecule has 0 aliphatic carbocycles. The standard InChI is InChI=1S/C27H20N10S/c38-26(28-18-19-10-2-1-3-11-19)27(35-23-15-7-4-12-20(23)29-32-35,36-24-16-8-5-13-21(24)30-33-36)37-25-17-9-6-14-22(25)31-34-37/h1-17H,18H2,(H,28,38). The number of nitrogens with zero attached hydrogens (tertiary/aromatic N) is 9. The van der Waals surface area contributed by atoms with Gasteiger partial charge in [0.25, 0.3) is 0 Å². The molecule has 184 valence electrons. The molecule has 3 aromatic heterocycles. The summed E-state index contributed by atoms with van der Waals surface area (Å²) in [5.74, 6) is -1.45. The summed E-state index contributed by atoms with van der Waals surface area (Å²) in [5.41, 5.74) is 5.42. The number of fused-ring (bicyclic) bond motifs is 3. The lowest BCUT2D eigenvalue weighted by Crippen LogP contribution is -2.59. The largest absolute Gasteiger partial charge is 0.370 e. The number of hydrogen-bond acceptors (Lipinski definition) is 7. The van der Waals surface area contributed by atoms with Gasteiger partial charge >= 0.3 is 5.79 Å². The molecule has 0 unspecified atom stereocenters. The van der Waals surface area contributed by atoms with E-state index in [1.54, 1.807) is 14.0 Å². The first-order valence-electron chi connectivity index (χ1n) is 12.0. The maximum absolute atomic E-state index is 6.24. The topological polar surface area (TPSA) is 104 Å². The van der Waals surface area contributed by atoms with Gasteiger partial charge in [0.05, 0.1) is 16.6 Å². The molecule has 7 rings (SSSR count). The Bertz CT molecular complexity index is 1740. The van der Waals surface area contributed by atoms with E-state index >= 15 is 0 Å². The van der Waals surface area contributed by atoms with E-state index in [9.17, 15) is 0 Å². The Balaban J connectivity index is 1.57. The molecule has 11 heteroatoms. The molecule has 0 fully saturated rings. The minimum Gasteiger partial charge on any atom is -0.370 e. The van der Waals surface area contributed by atoms with E-state index in [1.807, 2.05) is 103 Å². The van der Waals surface area contributed by atoms with Crippen molar-refractivity contribution in [3.05, 3.63) is 109 Å². The van der Waals surface area contributed by atoms with E-state index in [2.05, 4.69) is 36.3 Å². The lowest BCUT2D eigenvalue weighted by atomic mass is 10.2. The smallest absolute Gasteiger partial charge is 0.307 e. The molecule has 3 heterocycles. The van der Waals surface area contributed by atoms with Crippen LogP contribution in [0.5, 0.6) is 0 Å². The molecule has 0 saturated carbocycles. The van der Waals surface area contributed by atoms with Crippen LogP contribution in [0.15, 0.2) is 103 Å². The van der Waals surface area contributed by atoms with E-state index in [0.29, 0.717) is 28.1 Å². The summed E-state index contributed by atoms with van der Waals surface area (Å²) in [6.45, 7) is 0.479. The summed E-state index contributed by atoms with van der Waals surface area (Å²) in [6, 6.07) is 33.2. The van der Waals surface area contributed by atoms with Gasteiger partial charge in [-0.1, -0.05) is 94.6 Å². The number of hydrogen-bond donors (Lipinski definition) is 1. The van der Waals surface area contributed by atoms with E-state index < -0.39 is 5.79 Å². The number of aromatic nitrogens is 9. The third kappa shape index (κ3) is 3.29. The van der Waals surface area contributed by atoms with Gasteiger partial charge in [0.2, 0.25) is 0 Å². The van der Waals surface area contributed by atoms with Crippen LogP contribution in [0.2, 0.25) is 0 Å². The van der Waals surface area contributed by atoms with Crippen LogP contribution in [0.1, 0.15) is 5.56 Å². The minimum absolute atomic E-state index is 0.392. The van der Waals surface area contributed by atoms with Crippen LogP contribution in [0.4, 0.5) is 0 Å². The second-order valence-corrected chi connectivity index (χ2v) is 9.18. The Labute approximate surface area is 221 Å². The monoisotopic (exact) mass is 516 g/mol. The quantitative estimate of drug-likeness (QED) is 0.334. The average Bonchev–Trinajstić information content (AvgIpc) is 3.71. The number of thiocarbonyl (C=S) groups is 1. The molecular weight excluding hydrogens is 496 g/mol. The third-order valence-corrected chi connectivity index (χ3v) is 6.96. The Hall–Kier alpha value is -5.03. The van der Waals surface area contributed by atoms with E-state index in [1.165, 1.54) is 0 Å². The van der Waals surface area contributed by atoms with Crippen molar-refractivity contribution in [2.75, 3.05) is 0 Å². The van der Waals surface area contributed by atoms with Crippen molar-refractivity contribution in [2.45, 2.75) is 12.3 Å². The Morgan fingerprint density at radius 1 is 0.579 bits per heavy atom. The highest BCUT2D eigenvalue weighted by Gasteiger charge is 2.48. The number of rotatable bonds is 6. The molecule has 38 heavy (non-hydrogen) atoms. The van der Waals surface area contributed by atoms with Crippen molar-refractivity contribution < 1.29 is 0 Å². The average molecular weight is 517 g/mol. The fourth-order valence-corrected chi connectivity index (χ4v) is 5.08. The van der Waals surface area contributed by atoms with Crippen molar-refractivity contribution in [1.82, 2.24) is 50.3 Å². The highest BCUT2D eigenvalue weighted by Crippen LogP contribution is 2.31. The van der Waals surface area contributed by atoms with Gasteiger partial charge in [0, 0.05) is 6.54 Å². The van der Waals surface area contributed by atoms with Gasteiger partial charge in [-0.25, -0.2) is 0 Å². The summed E-state index contributed by atoms with van der Waals surface area (Å²) in [5, 5.41) is 30.8. The lowest BCUT2D eigenvalue weighted by molar-refractivity contribution is 0.213. The van der Waals surface area contributed by atoms with Crippen LogP contribution in [0, 0.1) is 0 Å². The molecule has 0 atom stereocenters. The summed E-state index contributed by atoms with van der Waals surface area (Å²) in [6.07, 6.45) is 0. The summed E-state index contributed by atoms with van der Waals surface area (Å²) in [4.78, 5) is 0.392. The predicted molar refractivity (Wildman–Crippen MR) is 147 cm³/mol. The SMILES string of the molecule is S=C(NCc1ccccc1)C(n1nnc2ccccc21)(n1nnc2ccccc21)n1nnc2ccccc21. The first-order valence-corrected chi connectivity index (χ1v) is 12.4. The second kappa shape index (κ2) is 8.82. The number of benzene rings is 4. The Morgan fingerprint density at radius 3 is 1.42 bits per heavy atom. The highest BCUT2D eigenvalue weighted by atomic mass is 32.1. The zero-order valence-electron chi connectivity index (χ0n) is 20.0. The third-order valence-electron chi connectivity index (χ3n) is 6.54. The van der Waals surface area contributed by atoms with E-state index in [4.69, 9.17) is 12.2 Å². The van der Waals surface area contributed by atoms with Crippen molar-refractivity contribution in [2.24, 2.45) is 0 Å². The lowest BCUT2D eigenvalue weighted by Gasteiger charge is -2.35. The summed E-state index contributed by atoms with van der Waals surface area (Å²) < 4.78 is 5.22. The van der Waals surface area contributed by atoms with Gasteiger partial charge in [-0.3, -0.25) is 0 Å². The molecule has 0 aliphatic heterocycles. The molecule has 0 spiro atoms. The zero-order valence-corrected chi connectivity index (χ0v) is 20.8. The molecule has 7 aromatic rings. The first kappa shape index (κ1) is 22.2. The molecule has 0 bridgehead atoms. The van der Waals surface area contributed by atoms with Gasteiger partial charge in [-0.2, -0.15) is 14.0 Å². The summed E-state index contributed by atoms with van der Waals surface area (Å²) >= 11 is 6.24. The van der Waals surface area contributed by atoms with Crippen LogP contribution >= 0.6 is 12.2 Å². The molecular formula is C27H20N10S. The molecule has 0 radical (unpaired) electrons. The predicted octanol–water partition coefficient (Wildman–Crippen LogP) is 3.74. The molecule has 1 N–H and O–H groups in total. The maximum atomic E-state index is 6.24. The molecule has 4 aromatic carbocycles. The molecule has 0 aliphatic rings. The van der Waals surface area contributed by atoms with Crippen molar-refractivity contribution in [3.63, 3.8) is 0 Å². The van der Waals surface area contributed by atoms with Crippen LogP contribution in [0.3, 0.4) is 0 Å². The molecule has 10 nitrogen and oxygen atoms in total. The van der Waals surface area contributed by atoms with Crippen LogP contribution < -0.4 is 5.32 Å². The van der Waals surface area contributed by atoms with Crippen molar-refractivity contribution in [1.29, 1.82) is 0 Å². The van der Waals surface area contributed by atoms with Gasteiger partial charge in [-0.15, -0.1) is 15.3 Å². The minimum atomic E-state index is -1.45. The zero-order chi connectivity index (χ0) is 25.5. The van der Waals surface area contributed by atoms with Gasteiger partial charge in [-0.05, 0) is 42.0 Å². The fraction of sp³-hybridized carbons (Fsp3) is 0.0741. The van der Waals surface area contributed by atoms with E-state index in [0.717, 1.165) is 22.1 Å².